The molecular weight excluding hydrogens is 334 g/mol. The van der Waals surface area contributed by atoms with Gasteiger partial charge in [0.15, 0.2) is 0 Å². The minimum absolute atomic E-state index is 0.125. The van der Waals surface area contributed by atoms with Gasteiger partial charge in [-0.05, 0) is 13.0 Å². The number of unbranched alkanes of at least 4 members (excludes halogenated alkanes) is 17. The molecule has 0 aliphatic heterocycles. The van der Waals surface area contributed by atoms with Gasteiger partial charge in [0.2, 0.25) is 0 Å². The number of carbonyl (C=O) groups excluding carboxylic acids is 1. The van der Waals surface area contributed by atoms with E-state index in [9.17, 15) is 4.79 Å². The molecule has 0 aliphatic carbocycles. The number of ether oxygens (including phenoxy) is 1. The minimum Gasteiger partial charge on any atom is -0.469 e. The van der Waals surface area contributed by atoms with E-state index < -0.39 is 0 Å². The van der Waals surface area contributed by atoms with E-state index >= 15 is 0 Å². The maximum atomic E-state index is 11.0. The van der Waals surface area contributed by atoms with Crippen molar-refractivity contribution < 1.29 is 9.53 Å². The highest BCUT2D eigenvalue weighted by Gasteiger charge is 1.98. The van der Waals surface area contributed by atoms with Crippen LogP contribution in [0.1, 0.15) is 129 Å². The van der Waals surface area contributed by atoms with E-state index in [0.717, 1.165) is 13.1 Å². The molecule has 0 aromatic carbocycles. The Hall–Kier alpha value is -0.570. The third-order valence-electron chi connectivity index (χ3n) is 5.44. The Morgan fingerprint density at radius 2 is 0.963 bits per heavy atom. The van der Waals surface area contributed by atoms with Gasteiger partial charge >= 0.3 is 5.97 Å². The Kier molecular flexibility index (Phi) is 23.0. The van der Waals surface area contributed by atoms with Crippen LogP contribution in [0.2, 0.25) is 0 Å². The first-order valence-electron chi connectivity index (χ1n) is 12.1. The van der Waals surface area contributed by atoms with Gasteiger partial charge in [0.25, 0.3) is 0 Å². The highest BCUT2D eigenvalue weighted by molar-refractivity contribution is 5.69. The van der Waals surface area contributed by atoms with Crippen molar-refractivity contribution in [2.75, 3.05) is 20.2 Å². The Morgan fingerprint density at radius 1 is 0.593 bits per heavy atom. The van der Waals surface area contributed by atoms with Crippen molar-refractivity contribution in [1.82, 2.24) is 5.32 Å². The molecule has 162 valence electrons. The van der Waals surface area contributed by atoms with Gasteiger partial charge in [-0.15, -0.1) is 0 Å². The Bertz CT molecular complexity index is 294. The summed E-state index contributed by atoms with van der Waals surface area (Å²) in [5.74, 6) is -0.125. The van der Waals surface area contributed by atoms with Crippen LogP contribution in [-0.2, 0) is 9.53 Å². The van der Waals surface area contributed by atoms with Crippen LogP contribution in [0.4, 0.5) is 0 Å². The Balaban J connectivity index is 3.00. The van der Waals surface area contributed by atoms with Crippen molar-refractivity contribution in [3.63, 3.8) is 0 Å². The fraction of sp³-hybridized carbons (Fsp3) is 0.958. The summed E-state index contributed by atoms with van der Waals surface area (Å²) in [5.41, 5.74) is 0. The number of hydrogen-bond acceptors (Lipinski definition) is 3. The van der Waals surface area contributed by atoms with Gasteiger partial charge in [0.05, 0.1) is 13.5 Å². The molecule has 0 bridgehead atoms. The van der Waals surface area contributed by atoms with Gasteiger partial charge in [-0.3, -0.25) is 4.79 Å². The molecule has 0 rings (SSSR count). The van der Waals surface area contributed by atoms with Crippen LogP contribution in [0, 0.1) is 0 Å². The SMILES string of the molecule is CCCCCCCCCCCCCCCCCCCCNCCC(=O)OC. The standard InChI is InChI=1S/C24H49NO2/c1-3-4-5-6-7-8-9-10-11-12-13-14-15-16-17-18-19-20-22-25-23-21-24(26)27-2/h25H,3-23H2,1-2H3. The zero-order valence-corrected chi connectivity index (χ0v) is 18.7. The van der Waals surface area contributed by atoms with E-state index in [4.69, 9.17) is 0 Å². The van der Waals surface area contributed by atoms with Crippen molar-refractivity contribution in [3.8, 4) is 0 Å². The number of hydrogen-bond donors (Lipinski definition) is 1. The summed E-state index contributed by atoms with van der Waals surface area (Å²) < 4.78 is 4.62. The summed E-state index contributed by atoms with van der Waals surface area (Å²) in [6, 6.07) is 0. The summed E-state index contributed by atoms with van der Waals surface area (Å²) in [4.78, 5) is 11.0. The second-order valence-corrected chi connectivity index (χ2v) is 8.09. The van der Waals surface area contributed by atoms with Crippen LogP contribution in [-0.4, -0.2) is 26.2 Å². The Labute approximate surface area is 170 Å². The predicted molar refractivity (Wildman–Crippen MR) is 118 cm³/mol. The predicted octanol–water partition coefficient (Wildman–Crippen LogP) is 7.18. The van der Waals surface area contributed by atoms with Crippen LogP contribution < -0.4 is 5.32 Å². The Morgan fingerprint density at radius 3 is 1.33 bits per heavy atom. The van der Waals surface area contributed by atoms with E-state index in [-0.39, 0.29) is 5.97 Å². The highest BCUT2D eigenvalue weighted by atomic mass is 16.5. The molecule has 0 saturated carbocycles. The highest BCUT2D eigenvalue weighted by Crippen LogP contribution is 2.14. The monoisotopic (exact) mass is 383 g/mol. The molecule has 0 saturated heterocycles. The van der Waals surface area contributed by atoms with E-state index in [1.165, 1.54) is 123 Å². The molecule has 0 radical (unpaired) electrons. The van der Waals surface area contributed by atoms with Gasteiger partial charge < -0.3 is 10.1 Å². The van der Waals surface area contributed by atoms with Crippen LogP contribution >= 0.6 is 0 Å². The van der Waals surface area contributed by atoms with E-state index in [0.29, 0.717) is 6.42 Å². The summed E-state index contributed by atoms with van der Waals surface area (Å²) >= 11 is 0. The first kappa shape index (κ1) is 26.4. The summed E-state index contributed by atoms with van der Waals surface area (Å²) in [6.45, 7) is 4.05. The minimum atomic E-state index is -0.125. The van der Waals surface area contributed by atoms with Crippen molar-refractivity contribution in [3.05, 3.63) is 0 Å². The first-order chi connectivity index (χ1) is 13.3. The number of methoxy groups -OCH3 is 1. The molecule has 0 aromatic rings. The smallest absolute Gasteiger partial charge is 0.306 e. The molecule has 0 aliphatic rings. The number of nitrogens with one attached hydrogen (secondary N) is 1. The molecule has 3 nitrogen and oxygen atoms in total. The lowest BCUT2D eigenvalue weighted by Crippen LogP contribution is -2.19. The summed E-state index contributed by atoms with van der Waals surface area (Å²) in [5, 5.41) is 3.30. The quantitative estimate of drug-likeness (QED) is 0.159. The molecule has 0 unspecified atom stereocenters. The lowest BCUT2D eigenvalue weighted by atomic mass is 10.0. The molecule has 0 spiro atoms. The molecule has 0 amide bonds. The van der Waals surface area contributed by atoms with Crippen LogP contribution in [0.5, 0.6) is 0 Å². The first-order valence-corrected chi connectivity index (χ1v) is 12.1. The fourth-order valence-corrected chi connectivity index (χ4v) is 3.57. The summed E-state index contributed by atoms with van der Waals surface area (Å²) in [7, 11) is 1.44. The zero-order chi connectivity index (χ0) is 19.8. The zero-order valence-electron chi connectivity index (χ0n) is 18.7. The van der Waals surface area contributed by atoms with Gasteiger partial charge in [0.1, 0.15) is 0 Å². The van der Waals surface area contributed by atoms with Gasteiger partial charge in [-0.2, -0.15) is 0 Å². The summed E-state index contributed by atoms with van der Waals surface area (Å²) in [6.07, 6.45) is 25.9. The normalized spacial score (nSPS) is 11.0. The average Bonchev–Trinajstić information content (AvgIpc) is 2.68. The lowest BCUT2D eigenvalue weighted by Gasteiger charge is -2.05. The fourth-order valence-electron chi connectivity index (χ4n) is 3.57. The van der Waals surface area contributed by atoms with Crippen LogP contribution in [0.3, 0.4) is 0 Å². The third kappa shape index (κ3) is 23.4. The molecule has 27 heavy (non-hydrogen) atoms. The van der Waals surface area contributed by atoms with Gasteiger partial charge in [-0.1, -0.05) is 116 Å². The average molecular weight is 384 g/mol. The van der Waals surface area contributed by atoms with E-state index in [1.54, 1.807) is 0 Å². The van der Waals surface area contributed by atoms with Crippen molar-refractivity contribution >= 4 is 5.97 Å². The second kappa shape index (κ2) is 23.5. The van der Waals surface area contributed by atoms with E-state index in [1.807, 2.05) is 0 Å². The van der Waals surface area contributed by atoms with Crippen LogP contribution in [0.15, 0.2) is 0 Å². The van der Waals surface area contributed by atoms with Crippen molar-refractivity contribution in [2.24, 2.45) is 0 Å². The number of rotatable bonds is 22. The maximum absolute atomic E-state index is 11.0. The topological polar surface area (TPSA) is 38.3 Å². The molecule has 3 heteroatoms. The van der Waals surface area contributed by atoms with Crippen LogP contribution in [0.25, 0.3) is 0 Å². The maximum Gasteiger partial charge on any atom is 0.306 e. The van der Waals surface area contributed by atoms with Crippen molar-refractivity contribution in [1.29, 1.82) is 0 Å². The molecule has 0 heterocycles. The largest absolute Gasteiger partial charge is 0.469 e. The molecule has 0 fully saturated rings. The number of esters is 1. The number of carbonyl (C=O) groups is 1. The molecule has 1 N–H and O–H groups in total. The molecular formula is C24H49NO2. The van der Waals surface area contributed by atoms with Crippen molar-refractivity contribution in [2.45, 2.75) is 129 Å². The van der Waals surface area contributed by atoms with E-state index in [2.05, 4.69) is 17.0 Å². The van der Waals surface area contributed by atoms with Gasteiger partial charge in [-0.25, -0.2) is 0 Å². The van der Waals surface area contributed by atoms with Gasteiger partial charge in [0, 0.05) is 6.54 Å². The lowest BCUT2D eigenvalue weighted by molar-refractivity contribution is -0.140. The molecule has 0 atom stereocenters. The second-order valence-electron chi connectivity index (χ2n) is 8.09. The molecule has 0 aromatic heterocycles. The third-order valence-corrected chi connectivity index (χ3v) is 5.44.